The molecule has 0 radical (unpaired) electrons. The molecule has 0 fully saturated rings. The number of rotatable bonds is 3. The van der Waals surface area contributed by atoms with E-state index in [1.165, 1.54) is 0 Å². The van der Waals surface area contributed by atoms with Crippen molar-refractivity contribution in [2.24, 2.45) is 0 Å². The molecule has 0 N–H and O–H groups in total. The molecule has 0 aliphatic heterocycles. The number of pyridine rings is 1. The first-order valence-corrected chi connectivity index (χ1v) is 7.44. The van der Waals surface area contributed by atoms with Gasteiger partial charge in [-0.25, -0.2) is 9.97 Å². The van der Waals surface area contributed by atoms with E-state index in [1.54, 1.807) is 6.20 Å². The Morgan fingerprint density at radius 3 is 2.00 bits per heavy atom. The van der Waals surface area contributed by atoms with Gasteiger partial charge in [-0.15, -0.1) is 0 Å². The van der Waals surface area contributed by atoms with Crippen molar-refractivity contribution >= 4 is 0 Å². The van der Waals surface area contributed by atoms with Gasteiger partial charge in [0.05, 0.1) is 11.9 Å². The highest BCUT2D eigenvalue weighted by Crippen LogP contribution is 2.26. The molecule has 0 aliphatic carbocycles. The molecule has 4 aromatic rings. The van der Waals surface area contributed by atoms with Gasteiger partial charge in [0.1, 0.15) is 5.69 Å². The van der Waals surface area contributed by atoms with Gasteiger partial charge >= 0.3 is 0 Å². The normalized spacial score (nSPS) is 10.6. The molecule has 2 heterocycles. The summed E-state index contributed by atoms with van der Waals surface area (Å²) in [6, 6.07) is 25.9. The van der Waals surface area contributed by atoms with Crippen LogP contribution in [-0.4, -0.2) is 9.97 Å². The minimum atomic E-state index is 0.529. The fourth-order valence-corrected chi connectivity index (χ4v) is 2.45. The second kappa shape index (κ2) is 5.89. The number of aromatic nitrogens is 2. The van der Waals surface area contributed by atoms with Crippen LogP contribution in [0.1, 0.15) is 0 Å². The van der Waals surface area contributed by atoms with Crippen molar-refractivity contribution in [3.8, 4) is 34.2 Å². The third kappa shape index (κ3) is 2.77. The lowest BCUT2D eigenvalue weighted by molar-refractivity contribution is 0.586. The van der Waals surface area contributed by atoms with Crippen molar-refractivity contribution in [3.63, 3.8) is 0 Å². The van der Waals surface area contributed by atoms with Gasteiger partial charge in [-0.1, -0.05) is 66.7 Å². The highest BCUT2D eigenvalue weighted by atomic mass is 16.4. The van der Waals surface area contributed by atoms with Crippen LogP contribution in [-0.2, 0) is 0 Å². The largest absolute Gasteiger partial charge is 0.435 e. The monoisotopic (exact) mass is 298 g/mol. The SMILES string of the molecule is c1ccc(-c2cccc(-c3ncc(-c4ccccc4)o3)n2)cc1. The van der Waals surface area contributed by atoms with Crippen LogP contribution in [0, 0.1) is 0 Å². The first kappa shape index (κ1) is 13.5. The lowest BCUT2D eigenvalue weighted by Crippen LogP contribution is -1.87. The fourth-order valence-electron chi connectivity index (χ4n) is 2.45. The van der Waals surface area contributed by atoms with E-state index in [-0.39, 0.29) is 0 Å². The zero-order chi connectivity index (χ0) is 15.5. The molecule has 0 saturated carbocycles. The maximum atomic E-state index is 5.87. The molecule has 0 spiro atoms. The predicted molar refractivity (Wildman–Crippen MR) is 90.6 cm³/mol. The highest BCUT2D eigenvalue weighted by Gasteiger charge is 2.10. The van der Waals surface area contributed by atoms with Crippen LogP contribution >= 0.6 is 0 Å². The molecule has 0 aliphatic rings. The Hall–Kier alpha value is -3.20. The van der Waals surface area contributed by atoms with Crippen molar-refractivity contribution < 1.29 is 4.42 Å². The third-order valence-electron chi connectivity index (χ3n) is 3.60. The van der Waals surface area contributed by atoms with Gasteiger partial charge in [0.2, 0.25) is 5.89 Å². The van der Waals surface area contributed by atoms with Crippen LogP contribution < -0.4 is 0 Å². The smallest absolute Gasteiger partial charge is 0.245 e. The van der Waals surface area contributed by atoms with Gasteiger partial charge in [0, 0.05) is 11.1 Å². The van der Waals surface area contributed by atoms with Gasteiger partial charge in [-0.05, 0) is 12.1 Å². The van der Waals surface area contributed by atoms with E-state index in [0.29, 0.717) is 5.89 Å². The van der Waals surface area contributed by atoms with Crippen LogP contribution in [0.3, 0.4) is 0 Å². The van der Waals surface area contributed by atoms with Crippen LogP contribution in [0.15, 0.2) is 89.5 Å². The zero-order valence-corrected chi connectivity index (χ0v) is 12.4. The highest BCUT2D eigenvalue weighted by molar-refractivity contribution is 5.64. The van der Waals surface area contributed by atoms with Crippen molar-refractivity contribution in [2.45, 2.75) is 0 Å². The molecule has 23 heavy (non-hydrogen) atoms. The minimum Gasteiger partial charge on any atom is -0.435 e. The Morgan fingerprint density at radius 1 is 0.609 bits per heavy atom. The first-order chi connectivity index (χ1) is 11.4. The molecular formula is C20H14N2O. The summed E-state index contributed by atoms with van der Waals surface area (Å²) < 4.78 is 5.87. The van der Waals surface area contributed by atoms with E-state index in [9.17, 15) is 0 Å². The first-order valence-electron chi connectivity index (χ1n) is 7.44. The number of benzene rings is 2. The van der Waals surface area contributed by atoms with E-state index in [4.69, 9.17) is 4.42 Å². The van der Waals surface area contributed by atoms with Crippen molar-refractivity contribution in [2.75, 3.05) is 0 Å². The van der Waals surface area contributed by atoms with Crippen molar-refractivity contribution in [3.05, 3.63) is 85.1 Å². The molecule has 3 nitrogen and oxygen atoms in total. The maximum Gasteiger partial charge on any atom is 0.245 e. The van der Waals surface area contributed by atoms with E-state index < -0.39 is 0 Å². The van der Waals surface area contributed by atoms with Gasteiger partial charge in [0.15, 0.2) is 5.76 Å². The molecular weight excluding hydrogens is 284 g/mol. The van der Waals surface area contributed by atoms with Crippen molar-refractivity contribution in [1.82, 2.24) is 9.97 Å². The molecule has 110 valence electrons. The second-order valence-corrected chi connectivity index (χ2v) is 5.17. The second-order valence-electron chi connectivity index (χ2n) is 5.17. The average molecular weight is 298 g/mol. The zero-order valence-electron chi connectivity index (χ0n) is 12.4. The summed E-state index contributed by atoms with van der Waals surface area (Å²) in [4.78, 5) is 9.03. The Kier molecular flexibility index (Phi) is 3.45. The van der Waals surface area contributed by atoms with Crippen LogP contribution in [0.25, 0.3) is 34.2 Å². The fraction of sp³-hybridized carbons (Fsp3) is 0. The summed E-state index contributed by atoms with van der Waals surface area (Å²) in [5.74, 6) is 1.27. The Bertz CT molecular complexity index is 915. The lowest BCUT2D eigenvalue weighted by Gasteiger charge is -2.02. The molecule has 0 amide bonds. The molecule has 0 bridgehead atoms. The van der Waals surface area contributed by atoms with E-state index >= 15 is 0 Å². The summed E-state index contributed by atoms with van der Waals surface area (Å²) in [6.45, 7) is 0. The Morgan fingerprint density at radius 2 is 1.26 bits per heavy atom. The summed E-state index contributed by atoms with van der Waals surface area (Å²) in [5.41, 5.74) is 3.71. The molecule has 4 rings (SSSR count). The van der Waals surface area contributed by atoms with Gasteiger partial charge in [-0.3, -0.25) is 0 Å². The topological polar surface area (TPSA) is 38.9 Å². The molecule has 2 aromatic carbocycles. The van der Waals surface area contributed by atoms with Gasteiger partial charge in [0.25, 0.3) is 0 Å². The standard InChI is InChI=1S/C20H14N2O/c1-3-8-15(9-4-1)17-12-7-13-18(22-17)20-21-14-19(23-20)16-10-5-2-6-11-16/h1-14H. The molecule has 0 atom stereocenters. The van der Waals surface area contributed by atoms with Gasteiger partial charge in [-0.2, -0.15) is 0 Å². The van der Waals surface area contributed by atoms with Crippen LogP contribution in [0.2, 0.25) is 0 Å². The molecule has 3 heteroatoms. The number of nitrogens with zero attached hydrogens (tertiary/aromatic N) is 2. The molecule has 2 aromatic heterocycles. The lowest BCUT2D eigenvalue weighted by atomic mass is 10.1. The summed E-state index contributed by atoms with van der Waals surface area (Å²) in [6.07, 6.45) is 1.74. The minimum absolute atomic E-state index is 0.529. The summed E-state index contributed by atoms with van der Waals surface area (Å²) in [7, 11) is 0. The number of hydrogen-bond donors (Lipinski definition) is 0. The van der Waals surface area contributed by atoms with Crippen LogP contribution in [0.4, 0.5) is 0 Å². The van der Waals surface area contributed by atoms with E-state index in [0.717, 1.165) is 28.3 Å². The Balaban J connectivity index is 1.71. The summed E-state index contributed by atoms with van der Waals surface area (Å²) >= 11 is 0. The van der Waals surface area contributed by atoms with Crippen LogP contribution in [0.5, 0.6) is 0 Å². The summed E-state index contributed by atoms with van der Waals surface area (Å²) in [5, 5.41) is 0. The maximum absolute atomic E-state index is 5.87. The number of hydrogen-bond acceptors (Lipinski definition) is 3. The molecule has 0 saturated heterocycles. The van der Waals surface area contributed by atoms with E-state index in [1.807, 2.05) is 78.9 Å². The Labute approximate surface area is 134 Å². The van der Waals surface area contributed by atoms with Crippen molar-refractivity contribution in [1.29, 1.82) is 0 Å². The predicted octanol–water partition coefficient (Wildman–Crippen LogP) is 5.07. The van der Waals surface area contributed by atoms with Gasteiger partial charge < -0.3 is 4.42 Å². The van der Waals surface area contributed by atoms with E-state index in [2.05, 4.69) is 9.97 Å². The molecule has 0 unspecified atom stereocenters. The average Bonchev–Trinajstić information content (AvgIpc) is 3.14. The number of oxazole rings is 1. The third-order valence-corrected chi connectivity index (χ3v) is 3.60. The quantitative estimate of drug-likeness (QED) is 0.530.